The molecule has 0 atom stereocenters. The van der Waals surface area contributed by atoms with E-state index in [1.807, 2.05) is 31.3 Å². The Hall–Kier alpha value is -1.28. The van der Waals surface area contributed by atoms with E-state index in [9.17, 15) is 0 Å². The number of nitrogens with one attached hydrogen (secondary N) is 1. The molecule has 0 spiro atoms. The first-order valence-corrected chi connectivity index (χ1v) is 4.49. The minimum Gasteiger partial charge on any atom is -0.399 e. The number of hydrogen-bond donors (Lipinski definition) is 2. The third-order valence-corrected chi connectivity index (χ3v) is 1.78. The van der Waals surface area contributed by atoms with Crippen molar-refractivity contribution in [3.63, 3.8) is 0 Å². The molecule has 1 aromatic rings. The van der Waals surface area contributed by atoms with Gasteiger partial charge in [-0.3, -0.25) is 0 Å². The van der Waals surface area contributed by atoms with Gasteiger partial charge in [0, 0.05) is 5.69 Å². The number of nitrogens with two attached hydrogens (primary N) is 1. The van der Waals surface area contributed by atoms with E-state index in [1.165, 1.54) is 0 Å². The first-order chi connectivity index (χ1) is 6.33. The van der Waals surface area contributed by atoms with Gasteiger partial charge in [-0.2, -0.15) is 0 Å². The number of anilines is 1. The van der Waals surface area contributed by atoms with Crippen LogP contribution >= 0.6 is 0 Å². The van der Waals surface area contributed by atoms with E-state index in [4.69, 9.17) is 5.73 Å². The Morgan fingerprint density at radius 1 is 1.46 bits per heavy atom. The minimum atomic E-state index is 0.816. The van der Waals surface area contributed by atoms with Crippen molar-refractivity contribution in [1.29, 1.82) is 0 Å². The van der Waals surface area contributed by atoms with Crippen molar-refractivity contribution in [2.75, 3.05) is 19.3 Å². The summed E-state index contributed by atoms with van der Waals surface area (Å²) in [5.74, 6) is 0. The third kappa shape index (κ3) is 3.76. The molecule has 0 fully saturated rings. The monoisotopic (exact) mass is 176 g/mol. The van der Waals surface area contributed by atoms with E-state index in [0.717, 1.165) is 24.2 Å². The molecule has 0 aromatic heterocycles. The van der Waals surface area contributed by atoms with E-state index in [0.29, 0.717) is 0 Å². The van der Waals surface area contributed by atoms with Gasteiger partial charge in [-0.15, -0.1) is 0 Å². The molecule has 0 aliphatic rings. The van der Waals surface area contributed by atoms with Gasteiger partial charge in [-0.05, 0) is 37.7 Å². The zero-order valence-corrected chi connectivity index (χ0v) is 7.96. The Kier molecular flexibility index (Phi) is 4.06. The first kappa shape index (κ1) is 9.81. The van der Waals surface area contributed by atoms with Crippen molar-refractivity contribution in [2.45, 2.75) is 6.42 Å². The van der Waals surface area contributed by atoms with Crippen LogP contribution in [0.4, 0.5) is 5.69 Å². The normalized spacial score (nSPS) is 10.8. The average molecular weight is 176 g/mol. The fourth-order valence-corrected chi connectivity index (χ4v) is 1.11. The summed E-state index contributed by atoms with van der Waals surface area (Å²) in [6.45, 7) is 1.01. The molecule has 1 aromatic carbocycles. The molecule has 0 heterocycles. The average Bonchev–Trinajstić information content (AvgIpc) is 2.13. The van der Waals surface area contributed by atoms with Crippen LogP contribution in [0.1, 0.15) is 12.0 Å². The smallest absolute Gasteiger partial charge is 0.0319 e. The van der Waals surface area contributed by atoms with E-state index in [2.05, 4.69) is 17.5 Å². The van der Waals surface area contributed by atoms with Gasteiger partial charge < -0.3 is 11.1 Å². The second kappa shape index (κ2) is 5.38. The van der Waals surface area contributed by atoms with Crippen LogP contribution in [0.25, 0.3) is 6.08 Å². The summed E-state index contributed by atoms with van der Waals surface area (Å²) >= 11 is 0. The van der Waals surface area contributed by atoms with Crippen LogP contribution in [-0.4, -0.2) is 13.6 Å². The largest absolute Gasteiger partial charge is 0.399 e. The lowest BCUT2D eigenvalue weighted by Gasteiger charge is -1.95. The van der Waals surface area contributed by atoms with Crippen LogP contribution in [0.3, 0.4) is 0 Å². The summed E-state index contributed by atoms with van der Waals surface area (Å²) in [4.78, 5) is 0. The summed E-state index contributed by atoms with van der Waals surface area (Å²) in [5, 5.41) is 3.09. The molecule has 1 rings (SSSR count). The summed E-state index contributed by atoms with van der Waals surface area (Å²) < 4.78 is 0. The van der Waals surface area contributed by atoms with E-state index in [1.54, 1.807) is 0 Å². The van der Waals surface area contributed by atoms with Gasteiger partial charge in [0.1, 0.15) is 0 Å². The van der Waals surface area contributed by atoms with Crippen molar-refractivity contribution < 1.29 is 0 Å². The highest BCUT2D eigenvalue weighted by atomic mass is 14.8. The van der Waals surface area contributed by atoms with Crippen LogP contribution in [-0.2, 0) is 0 Å². The minimum absolute atomic E-state index is 0.816. The molecule has 0 bridgehead atoms. The van der Waals surface area contributed by atoms with Crippen LogP contribution in [0.2, 0.25) is 0 Å². The van der Waals surface area contributed by atoms with Gasteiger partial charge in [-0.25, -0.2) is 0 Å². The highest BCUT2D eigenvalue weighted by molar-refractivity contribution is 5.55. The zero-order chi connectivity index (χ0) is 9.52. The maximum absolute atomic E-state index is 5.64. The molecule has 0 aliphatic heterocycles. The van der Waals surface area contributed by atoms with E-state index in [-0.39, 0.29) is 0 Å². The molecule has 0 unspecified atom stereocenters. The number of benzene rings is 1. The number of nitrogen functional groups attached to an aromatic ring is 1. The predicted octanol–water partition coefficient (Wildman–Crippen LogP) is 1.89. The molecule has 70 valence electrons. The van der Waals surface area contributed by atoms with E-state index < -0.39 is 0 Å². The van der Waals surface area contributed by atoms with Gasteiger partial charge in [0.15, 0.2) is 0 Å². The Morgan fingerprint density at radius 3 is 3.00 bits per heavy atom. The van der Waals surface area contributed by atoms with Gasteiger partial charge in [0.2, 0.25) is 0 Å². The molecule has 2 nitrogen and oxygen atoms in total. The first-order valence-electron chi connectivity index (χ1n) is 4.49. The summed E-state index contributed by atoms with van der Waals surface area (Å²) in [7, 11) is 1.95. The maximum atomic E-state index is 5.64. The standard InChI is InChI=1S/C11H16N2/c1-13-8-3-2-5-10-6-4-7-11(12)9-10/h2,4-7,9,13H,3,8,12H2,1H3/b5-2-. The lowest BCUT2D eigenvalue weighted by molar-refractivity contribution is 0.809. The zero-order valence-electron chi connectivity index (χ0n) is 7.96. The molecule has 0 saturated carbocycles. The summed E-state index contributed by atoms with van der Waals surface area (Å²) in [5.41, 5.74) is 7.62. The van der Waals surface area contributed by atoms with Crippen LogP contribution in [0.15, 0.2) is 30.3 Å². The molecule has 2 heteroatoms. The lowest BCUT2D eigenvalue weighted by Crippen LogP contribution is -2.05. The number of hydrogen-bond acceptors (Lipinski definition) is 2. The summed E-state index contributed by atoms with van der Waals surface area (Å²) in [6, 6.07) is 7.88. The molecule has 0 saturated heterocycles. The highest BCUT2D eigenvalue weighted by Crippen LogP contribution is 2.08. The second-order valence-electron chi connectivity index (χ2n) is 2.96. The van der Waals surface area contributed by atoms with Gasteiger partial charge in [0.25, 0.3) is 0 Å². The molecule has 3 N–H and O–H groups in total. The Bertz CT molecular complexity index is 279. The highest BCUT2D eigenvalue weighted by Gasteiger charge is 1.86. The SMILES string of the molecule is CNCC/C=C\c1cccc(N)c1. The topological polar surface area (TPSA) is 38.0 Å². The Labute approximate surface area is 79.5 Å². The van der Waals surface area contributed by atoms with Gasteiger partial charge in [-0.1, -0.05) is 24.3 Å². The van der Waals surface area contributed by atoms with Crippen molar-refractivity contribution in [3.8, 4) is 0 Å². The lowest BCUT2D eigenvalue weighted by atomic mass is 10.2. The number of rotatable bonds is 4. The van der Waals surface area contributed by atoms with Crippen molar-refractivity contribution in [2.24, 2.45) is 0 Å². The predicted molar refractivity (Wildman–Crippen MR) is 58.4 cm³/mol. The van der Waals surface area contributed by atoms with Gasteiger partial charge in [0.05, 0.1) is 0 Å². The van der Waals surface area contributed by atoms with Gasteiger partial charge >= 0.3 is 0 Å². The molecule has 13 heavy (non-hydrogen) atoms. The second-order valence-corrected chi connectivity index (χ2v) is 2.96. The van der Waals surface area contributed by atoms with E-state index >= 15 is 0 Å². The molecular formula is C11H16N2. The molecule has 0 amide bonds. The molecule has 0 aliphatic carbocycles. The molecule has 0 radical (unpaired) electrons. The quantitative estimate of drug-likeness (QED) is 0.543. The Morgan fingerprint density at radius 2 is 2.31 bits per heavy atom. The third-order valence-electron chi connectivity index (χ3n) is 1.78. The Balaban J connectivity index is 2.48. The van der Waals surface area contributed by atoms with Crippen molar-refractivity contribution in [1.82, 2.24) is 5.32 Å². The van der Waals surface area contributed by atoms with Crippen molar-refractivity contribution >= 4 is 11.8 Å². The van der Waals surface area contributed by atoms with Crippen LogP contribution in [0, 0.1) is 0 Å². The fraction of sp³-hybridized carbons (Fsp3) is 0.273. The maximum Gasteiger partial charge on any atom is 0.0319 e. The molecular weight excluding hydrogens is 160 g/mol. The summed E-state index contributed by atoms with van der Waals surface area (Å²) in [6.07, 6.45) is 5.28. The fourth-order valence-electron chi connectivity index (χ4n) is 1.11. The van der Waals surface area contributed by atoms with Crippen LogP contribution < -0.4 is 11.1 Å². The van der Waals surface area contributed by atoms with Crippen LogP contribution in [0.5, 0.6) is 0 Å². The van der Waals surface area contributed by atoms with Crippen molar-refractivity contribution in [3.05, 3.63) is 35.9 Å².